The van der Waals surface area contributed by atoms with Gasteiger partial charge < -0.3 is 19.9 Å². The summed E-state index contributed by atoms with van der Waals surface area (Å²) in [6, 6.07) is 8.00. The van der Waals surface area contributed by atoms with Gasteiger partial charge in [0.05, 0.1) is 5.60 Å². The van der Waals surface area contributed by atoms with Crippen molar-refractivity contribution in [1.29, 1.82) is 0 Å². The summed E-state index contributed by atoms with van der Waals surface area (Å²) in [4.78, 5) is 0. The van der Waals surface area contributed by atoms with Crippen LogP contribution in [0, 0.1) is 0 Å². The average molecular weight is 358 g/mol. The summed E-state index contributed by atoms with van der Waals surface area (Å²) in [7, 11) is 0. The van der Waals surface area contributed by atoms with Gasteiger partial charge in [-0.15, -0.1) is 0 Å². The first-order valence-corrected chi connectivity index (χ1v) is 8.18. The first-order chi connectivity index (χ1) is 9.94. The third kappa shape index (κ3) is 5.94. The molecule has 0 saturated carbocycles. The second-order valence-corrected chi connectivity index (χ2v) is 7.04. The zero-order valence-corrected chi connectivity index (χ0v) is 14.2. The van der Waals surface area contributed by atoms with E-state index < -0.39 is 6.10 Å². The molecular formula is C16H24BrNO3. The van der Waals surface area contributed by atoms with Gasteiger partial charge in [0.25, 0.3) is 0 Å². The summed E-state index contributed by atoms with van der Waals surface area (Å²) >= 11 is 3.38. The van der Waals surface area contributed by atoms with Crippen LogP contribution >= 0.6 is 15.9 Å². The van der Waals surface area contributed by atoms with E-state index in [4.69, 9.17) is 9.47 Å². The Morgan fingerprint density at radius 1 is 1.43 bits per heavy atom. The lowest BCUT2D eigenvalue weighted by Crippen LogP contribution is -2.46. The third-order valence-electron chi connectivity index (χ3n) is 3.60. The fourth-order valence-corrected chi connectivity index (χ4v) is 2.76. The van der Waals surface area contributed by atoms with Crippen LogP contribution in [0.2, 0.25) is 0 Å². The molecule has 0 spiro atoms. The predicted molar refractivity (Wildman–Crippen MR) is 86.7 cm³/mol. The van der Waals surface area contributed by atoms with Gasteiger partial charge in [0.1, 0.15) is 18.5 Å². The van der Waals surface area contributed by atoms with Crippen molar-refractivity contribution in [3.05, 3.63) is 28.7 Å². The van der Waals surface area contributed by atoms with E-state index >= 15 is 0 Å². The Labute approximate surface area is 135 Å². The summed E-state index contributed by atoms with van der Waals surface area (Å²) in [6.07, 6.45) is 1.44. The van der Waals surface area contributed by atoms with Crippen molar-refractivity contribution in [1.82, 2.24) is 5.32 Å². The van der Waals surface area contributed by atoms with Crippen LogP contribution in [-0.4, -0.2) is 42.6 Å². The Kier molecular flexibility index (Phi) is 6.05. The van der Waals surface area contributed by atoms with Crippen molar-refractivity contribution in [2.45, 2.75) is 44.4 Å². The molecule has 0 aromatic heterocycles. The topological polar surface area (TPSA) is 50.7 Å². The van der Waals surface area contributed by atoms with E-state index in [0.717, 1.165) is 29.7 Å². The number of aliphatic hydroxyl groups excluding tert-OH is 1. The lowest BCUT2D eigenvalue weighted by atomic mass is 9.94. The number of rotatable bonds is 6. The van der Waals surface area contributed by atoms with Gasteiger partial charge in [-0.2, -0.15) is 0 Å². The number of hydrogen-bond donors (Lipinski definition) is 2. The molecule has 1 aromatic rings. The maximum Gasteiger partial charge on any atom is 0.119 e. The molecule has 1 heterocycles. The second kappa shape index (κ2) is 7.58. The zero-order chi connectivity index (χ0) is 15.3. The van der Waals surface area contributed by atoms with Gasteiger partial charge in [-0.05, 0) is 51.0 Å². The van der Waals surface area contributed by atoms with Crippen LogP contribution in [0.3, 0.4) is 0 Å². The minimum absolute atomic E-state index is 0.0746. The first-order valence-electron chi connectivity index (χ1n) is 7.38. The summed E-state index contributed by atoms with van der Waals surface area (Å²) < 4.78 is 12.3. The standard InChI is InChI=1S/C16H24BrNO3/c1-16(2)9-13(7-8-21-16)18-10-14(19)11-20-15-5-3-12(17)4-6-15/h3-6,13-14,18-19H,7-11H2,1-2H3. The molecule has 1 aliphatic heterocycles. The van der Waals surface area contributed by atoms with E-state index in [2.05, 4.69) is 35.1 Å². The van der Waals surface area contributed by atoms with E-state index in [1.54, 1.807) is 0 Å². The Balaban J connectivity index is 1.67. The van der Waals surface area contributed by atoms with Gasteiger partial charge >= 0.3 is 0 Å². The van der Waals surface area contributed by atoms with Crippen LogP contribution in [0.25, 0.3) is 0 Å². The maximum atomic E-state index is 10.00. The molecule has 2 atom stereocenters. The lowest BCUT2D eigenvalue weighted by molar-refractivity contribution is -0.0641. The highest BCUT2D eigenvalue weighted by Crippen LogP contribution is 2.23. The molecule has 2 N–H and O–H groups in total. The number of aliphatic hydroxyl groups is 1. The summed E-state index contributed by atoms with van der Waals surface area (Å²) in [5, 5.41) is 13.4. The van der Waals surface area contributed by atoms with Crippen molar-refractivity contribution in [3.63, 3.8) is 0 Å². The van der Waals surface area contributed by atoms with Gasteiger partial charge in [-0.3, -0.25) is 0 Å². The van der Waals surface area contributed by atoms with E-state index in [0.29, 0.717) is 19.2 Å². The van der Waals surface area contributed by atoms with Crippen LogP contribution < -0.4 is 10.1 Å². The minimum atomic E-state index is -0.514. The lowest BCUT2D eigenvalue weighted by Gasteiger charge is -2.36. The zero-order valence-electron chi connectivity index (χ0n) is 12.6. The molecular weight excluding hydrogens is 334 g/mol. The van der Waals surface area contributed by atoms with Crippen LogP contribution in [0.4, 0.5) is 0 Å². The molecule has 0 amide bonds. The van der Waals surface area contributed by atoms with Gasteiger partial charge in [-0.1, -0.05) is 15.9 Å². The molecule has 2 rings (SSSR count). The molecule has 1 saturated heterocycles. The third-order valence-corrected chi connectivity index (χ3v) is 4.12. The number of benzene rings is 1. The van der Waals surface area contributed by atoms with Crippen LogP contribution in [0.1, 0.15) is 26.7 Å². The van der Waals surface area contributed by atoms with Crippen molar-refractivity contribution in [3.8, 4) is 5.75 Å². The molecule has 1 fully saturated rings. The SMILES string of the molecule is CC1(C)CC(NCC(O)COc2ccc(Br)cc2)CCO1. The molecule has 4 nitrogen and oxygen atoms in total. The predicted octanol–water partition coefficient (Wildman–Crippen LogP) is 2.74. The molecule has 0 radical (unpaired) electrons. The van der Waals surface area contributed by atoms with Crippen LogP contribution in [0.5, 0.6) is 5.75 Å². The Hall–Kier alpha value is -0.620. The normalized spacial score (nSPS) is 22.8. The Morgan fingerprint density at radius 2 is 2.14 bits per heavy atom. The summed E-state index contributed by atoms with van der Waals surface area (Å²) in [5.74, 6) is 0.768. The van der Waals surface area contributed by atoms with E-state index in [9.17, 15) is 5.11 Å². The summed E-state index contributed by atoms with van der Waals surface area (Å²) in [5.41, 5.74) is -0.0746. The van der Waals surface area contributed by atoms with E-state index in [1.807, 2.05) is 24.3 Å². The van der Waals surface area contributed by atoms with E-state index in [-0.39, 0.29) is 5.60 Å². The molecule has 0 aliphatic carbocycles. The summed E-state index contributed by atoms with van der Waals surface area (Å²) in [6.45, 7) is 5.82. The fourth-order valence-electron chi connectivity index (χ4n) is 2.49. The number of hydrogen-bond acceptors (Lipinski definition) is 4. The number of nitrogens with one attached hydrogen (secondary N) is 1. The monoisotopic (exact) mass is 357 g/mol. The van der Waals surface area contributed by atoms with Crippen molar-refractivity contribution in [2.24, 2.45) is 0 Å². The first kappa shape index (κ1) is 16.7. The van der Waals surface area contributed by atoms with Gasteiger partial charge in [0, 0.05) is 23.7 Å². The quantitative estimate of drug-likeness (QED) is 0.821. The molecule has 1 aromatic carbocycles. The number of ether oxygens (including phenoxy) is 2. The number of halogens is 1. The van der Waals surface area contributed by atoms with Crippen molar-refractivity contribution < 1.29 is 14.6 Å². The second-order valence-electron chi connectivity index (χ2n) is 6.12. The highest BCUT2D eigenvalue weighted by Gasteiger charge is 2.28. The molecule has 2 unspecified atom stereocenters. The van der Waals surface area contributed by atoms with Crippen molar-refractivity contribution >= 4 is 15.9 Å². The molecule has 118 valence electrons. The van der Waals surface area contributed by atoms with Crippen LogP contribution in [0.15, 0.2) is 28.7 Å². The highest BCUT2D eigenvalue weighted by atomic mass is 79.9. The average Bonchev–Trinajstić information content (AvgIpc) is 2.43. The van der Waals surface area contributed by atoms with E-state index in [1.165, 1.54) is 0 Å². The van der Waals surface area contributed by atoms with Gasteiger partial charge in [-0.25, -0.2) is 0 Å². The minimum Gasteiger partial charge on any atom is -0.491 e. The maximum absolute atomic E-state index is 10.00. The highest BCUT2D eigenvalue weighted by molar-refractivity contribution is 9.10. The largest absolute Gasteiger partial charge is 0.491 e. The van der Waals surface area contributed by atoms with Crippen molar-refractivity contribution in [2.75, 3.05) is 19.8 Å². The van der Waals surface area contributed by atoms with Gasteiger partial charge in [0.15, 0.2) is 0 Å². The Morgan fingerprint density at radius 3 is 2.81 bits per heavy atom. The molecule has 21 heavy (non-hydrogen) atoms. The molecule has 1 aliphatic rings. The molecule has 0 bridgehead atoms. The smallest absolute Gasteiger partial charge is 0.119 e. The van der Waals surface area contributed by atoms with Gasteiger partial charge in [0.2, 0.25) is 0 Å². The fraction of sp³-hybridized carbons (Fsp3) is 0.625. The van der Waals surface area contributed by atoms with Crippen LogP contribution in [-0.2, 0) is 4.74 Å². The Bertz CT molecular complexity index is 436. The molecule has 5 heteroatoms.